The molecule has 0 heteroatoms. The van der Waals surface area contributed by atoms with Gasteiger partial charge in [0.15, 0.2) is 0 Å². The highest BCUT2D eigenvalue weighted by Crippen LogP contribution is 2.29. The Labute approximate surface area is 73.9 Å². The molecule has 0 spiro atoms. The van der Waals surface area contributed by atoms with Crippen LogP contribution >= 0.6 is 0 Å². The van der Waals surface area contributed by atoms with E-state index >= 15 is 0 Å². The van der Waals surface area contributed by atoms with Gasteiger partial charge < -0.3 is 0 Å². The minimum Gasteiger partial charge on any atom is -0.0870 e. The lowest BCUT2D eigenvalue weighted by atomic mass is 9.83. The summed E-state index contributed by atoms with van der Waals surface area (Å²) in [5.74, 6) is 0. The number of hydrogen-bond donors (Lipinski definition) is 0. The van der Waals surface area contributed by atoms with Crippen LogP contribution in [0.15, 0.2) is 18.2 Å². The Bertz CT molecular complexity index is 332. The van der Waals surface area contributed by atoms with Crippen LogP contribution in [0.3, 0.4) is 0 Å². The van der Waals surface area contributed by atoms with Gasteiger partial charge in [0, 0.05) is 0 Å². The molecule has 0 nitrogen and oxygen atoms in total. The molecule has 1 aliphatic rings. The minimum atomic E-state index is 1.27. The summed E-state index contributed by atoms with van der Waals surface area (Å²) in [6.07, 6.45) is 6.91. The molecule has 12 heavy (non-hydrogen) atoms. The van der Waals surface area contributed by atoms with Gasteiger partial charge >= 0.3 is 0 Å². The van der Waals surface area contributed by atoms with Crippen LogP contribution in [0, 0.1) is 6.92 Å². The van der Waals surface area contributed by atoms with Gasteiger partial charge in [0.1, 0.15) is 0 Å². The van der Waals surface area contributed by atoms with Crippen molar-refractivity contribution in [2.45, 2.75) is 26.7 Å². The van der Waals surface area contributed by atoms with E-state index in [1.54, 1.807) is 11.1 Å². The molecule has 0 amide bonds. The molecule has 0 saturated heterocycles. The lowest BCUT2D eigenvalue weighted by Gasteiger charge is -2.22. The molecule has 0 N–H and O–H groups in total. The first-order valence-electron chi connectivity index (χ1n) is 4.57. The van der Waals surface area contributed by atoms with Gasteiger partial charge in [-0.2, -0.15) is 0 Å². The number of fused-ring (bicyclic) bond motifs is 1. The van der Waals surface area contributed by atoms with E-state index in [0.717, 1.165) is 0 Å². The van der Waals surface area contributed by atoms with Gasteiger partial charge in [-0.05, 0) is 48.9 Å². The summed E-state index contributed by atoms with van der Waals surface area (Å²) < 4.78 is 0. The van der Waals surface area contributed by atoms with Gasteiger partial charge in [-0.15, -0.1) is 0 Å². The Hall–Kier alpha value is -1.04. The zero-order chi connectivity index (χ0) is 8.55. The fraction of sp³-hybridized carbons (Fsp3) is 0.333. The molecule has 0 heterocycles. The van der Waals surface area contributed by atoms with E-state index in [-0.39, 0.29) is 0 Å². The van der Waals surface area contributed by atoms with Crippen LogP contribution < -0.4 is 0 Å². The van der Waals surface area contributed by atoms with Gasteiger partial charge in [-0.25, -0.2) is 0 Å². The van der Waals surface area contributed by atoms with Crippen molar-refractivity contribution in [3.63, 3.8) is 0 Å². The van der Waals surface area contributed by atoms with Crippen molar-refractivity contribution in [2.24, 2.45) is 0 Å². The Morgan fingerprint density at radius 3 is 2.67 bits per heavy atom. The van der Waals surface area contributed by atoms with Crippen LogP contribution in [-0.2, 0) is 12.8 Å². The molecule has 0 aromatic heterocycles. The molecule has 1 aromatic rings. The van der Waals surface area contributed by atoms with Crippen molar-refractivity contribution in [3.8, 4) is 0 Å². The largest absolute Gasteiger partial charge is 0.0870 e. The van der Waals surface area contributed by atoms with Crippen LogP contribution in [0.25, 0.3) is 6.08 Å². The third-order valence-electron chi connectivity index (χ3n) is 2.65. The predicted molar refractivity (Wildman–Crippen MR) is 53.3 cm³/mol. The van der Waals surface area contributed by atoms with Crippen molar-refractivity contribution in [1.82, 2.24) is 0 Å². The second kappa shape index (κ2) is 2.78. The van der Waals surface area contributed by atoms with Crippen molar-refractivity contribution in [2.75, 3.05) is 0 Å². The summed E-state index contributed by atoms with van der Waals surface area (Å²) >= 11 is 0. The third kappa shape index (κ3) is 0.989. The first-order chi connectivity index (χ1) is 5.83. The standard InChI is InChI=1S/C12H14/c1-3-4-11-9(2)5-6-10-7-8-12(10)11/h3-6H,7-8H2,1-2H3/b4-3-. The summed E-state index contributed by atoms with van der Waals surface area (Å²) in [4.78, 5) is 0. The highest BCUT2D eigenvalue weighted by molar-refractivity contribution is 5.62. The average molecular weight is 158 g/mol. The molecule has 1 aromatic carbocycles. The molecule has 0 saturated carbocycles. The van der Waals surface area contributed by atoms with E-state index in [0.29, 0.717) is 0 Å². The highest BCUT2D eigenvalue weighted by Gasteiger charge is 2.16. The molecule has 0 bridgehead atoms. The lowest BCUT2D eigenvalue weighted by Crippen LogP contribution is -2.10. The minimum absolute atomic E-state index is 1.27. The summed E-state index contributed by atoms with van der Waals surface area (Å²) in [5, 5.41) is 0. The molecule has 0 unspecified atom stereocenters. The molecule has 2 rings (SSSR count). The number of allylic oxidation sites excluding steroid dienone is 1. The zero-order valence-corrected chi connectivity index (χ0v) is 7.72. The first kappa shape index (κ1) is 7.60. The maximum atomic E-state index is 2.27. The first-order valence-corrected chi connectivity index (χ1v) is 4.57. The van der Waals surface area contributed by atoms with E-state index in [2.05, 4.69) is 38.1 Å². The molecule has 0 aliphatic heterocycles. The van der Waals surface area contributed by atoms with E-state index in [1.165, 1.54) is 24.0 Å². The van der Waals surface area contributed by atoms with Gasteiger partial charge in [0.05, 0.1) is 0 Å². The number of hydrogen-bond acceptors (Lipinski definition) is 0. The van der Waals surface area contributed by atoms with Crippen molar-refractivity contribution < 1.29 is 0 Å². The van der Waals surface area contributed by atoms with Crippen molar-refractivity contribution in [1.29, 1.82) is 0 Å². The van der Waals surface area contributed by atoms with E-state index in [4.69, 9.17) is 0 Å². The number of benzene rings is 1. The summed E-state index contributed by atoms with van der Waals surface area (Å²) in [7, 11) is 0. The molecule has 62 valence electrons. The fourth-order valence-electron chi connectivity index (χ4n) is 1.84. The second-order valence-electron chi connectivity index (χ2n) is 3.43. The molecule has 0 fully saturated rings. The normalized spacial score (nSPS) is 14.5. The quantitative estimate of drug-likeness (QED) is 0.589. The van der Waals surface area contributed by atoms with Gasteiger partial charge in [0.2, 0.25) is 0 Å². The third-order valence-corrected chi connectivity index (χ3v) is 2.65. The SMILES string of the molecule is C/C=C\c1c(C)ccc2c1CC2. The Morgan fingerprint density at radius 2 is 2.08 bits per heavy atom. The number of rotatable bonds is 1. The monoisotopic (exact) mass is 158 g/mol. The molecule has 1 aliphatic carbocycles. The molecule has 0 radical (unpaired) electrons. The summed E-state index contributed by atoms with van der Waals surface area (Å²) in [6.45, 7) is 4.27. The smallest absolute Gasteiger partial charge is 0.0196 e. The molecular formula is C12H14. The van der Waals surface area contributed by atoms with Crippen molar-refractivity contribution in [3.05, 3.63) is 40.5 Å². The van der Waals surface area contributed by atoms with Gasteiger partial charge in [-0.1, -0.05) is 24.3 Å². The van der Waals surface area contributed by atoms with Crippen LogP contribution in [0.5, 0.6) is 0 Å². The van der Waals surface area contributed by atoms with Crippen LogP contribution in [0.2, 0.25) is 0 Å². The summed E-state index contributed by atoms with van der Waals surface area (Å²) in [6, 6.07) is 4.49. The van der Waals surface area contributed by atoms with Gasteiger partial charge in [0.25, 0.3) is 0 Å². The second-order valence-corrected chi connectivity index (χ2v) is 3.43. The topological polar surface area (TPSA) is 0 Å². The number of aryl methyl sites for hydroxylation is 2. The van der Waals surface area contributed by atoms with Gasteiger partial charge in [-0.3, -0.25) is 0 Å². The van der Waals surface area contributed by atoms with Crippen LogP contribution in [-0.4, -0.2) is 0 Å². The van der Waals surface area contributed by atoms with E-state index in [1.807, 2.05) is 0 Å². The predicted octanol–water partition coefficient (Wildman–Crippen LogP) is 3.13. The lowest BCUT2D eigenvalue weighted by molar-refractivity contribution is 0.833. The zero-order valence-electron chi connectivity index (χ0n) is 7.72. The van der Waals surface area contributed by atoms with Crippen molar-refractivity contribution >= 4 is 6.08 Å². The van der Waals surface area contributed by atoms with E-state index < -0.39 is 0 Å². The highest BCUT2D eigenvalue weighted by atomic mass is 14.2. The Balaban J connectivity index is 2.57. The average Bonchev–Trinajstić information content (AvgIpc) is 1.99. The molecular weight excluding hydrogens is 144 g/mol. The maximum absolute atomic E-state index is 2.27. The summed E-state index contributed by atoms with van der Waals surface area (Å²) in [5.41, 5.74) is 6.00. The van der Waals surface area contributed by atoms with Crippen LogP contribution in [0.1, 0.15) is 29.2 Å². The molecule has 0 atom stereocenters. The Kier molecular flexibility index (Phi) is 1.76. The van der Waals surface area contributed by atoms with E-state index in [9.17, 15) is 0 Å². The maximum Gasteiger partial charge on any atom is -0.0196 e. The Morgan fingerprint density at radius 1 is 1.25 bits per heavy atom. The van der Waals surface area contributed by atoms with Crippen LogP contribution in [0.4, 0.5) is 0 Å². The fourth-order valence-corrected chi connectivity index (χ4v) is 1.84.